The van der Waals surface area contributed by atoms with Crippen molar-refractivity contribution in [1.29, 1.82) is 0 Å². The first kappa shape index (κ1) is 15.6. The molecule has 23 heavy (non-hydrogen) atoms. The van der Waals surface area contributed by atoms with Gasteiger partial charge in [0.05, 0.1) is 28.9 Å². The van der Waals surface area contributed by atoms with Crippen molar-refractivity contribution >= 4 is 22.5 Å². The van der Waals surface area contributed by atoms with Gasteiger partial charge in [-0.25, -0.2) is 4.98 Å². The van der Waals surface area contributed by atoms with Crippen molar-refractivity contribution < 1.29 is 17.9 Å². The van der Waals surface area contributed by atoms with Gasteiger partial charge in [0.2, 0.25) is 0 Å². The van der Waals surface area contributed by atoms with Crippen molar-refractivity contribution in [3.05, 3.63) is 59.1 Å². The van der Waals surface area contributed by atoms with E-state index in [1.807, 2.05) is 0 Å². The fourth-order valence-electron chi connectivity index (χ4n) is 2.41. The lowest BCUT2D eigenvalue weighted by molar-refractivity contribution is -0.136. The molecule has 3 aromatic rings. The van der Waals surface area contributed by atoms with Crippen LogP contribution in [0.4, 0.5) is 13.2 Å². The van der Waals surface area contributed by atoms with Crippen molar-refractivity contribution in [3.8, 4) is 17.0 Å². The van der Waals surface area contributed by atoms with Crippen LogP contribution in [-0.2, 0) is 6.18 Å². The zero-order valence-corrected chi connectivity index (χ0v) is 12.7. The van der Waals surface area contributed by atoms with Crippen LogP contribution in [0.2, 0.25) is 5.02 Å². The predicted octanol–water partition coefficient (Wildman–Crippen LogP) is 5.58. The average molecular weight is 338 g/mol. The van der Waals surface area contributed by atoms with Gasteiger partial charge in [-0.2, -0.15) is 13.2 Å². The Hall–Kier alpha value is -2.27. The van der Waals surface area contributed by atoms with Gasteiger partial charge in [0.25, 0.3) is 0 Å². The molecule has 0 saturated carbocycles. The molecule has 0 unspecified atom stereocenters. The van der Waals surface area contributed by atoms with Gasteiger partial charge < -0.3 is 4.74 Å². The summed E-state index contributed by atoms with van der Waals surface area (Å²) in [7, 11) is 1.39. The Balaban J connectivity index is 2.40. The van der Waals surface area contributed by atoms with E-state index in [9.17, 15) is 13.2 Å². The Bertz CT molecular complexity index is 863. The molecule has 0 atom stereocenters. The van der Waals surface area contributed by atoms with Crippen LogP contribution in [-0.4, -0.2) is 12.1 Å². The fourth-order valence-corrected chi connectivity index (χ4v) is 2.77. The van der Waals surface area contributed by atoms with E-state index < -0.39 is 16.8 Å². The Morgan fingerprint density at radius 1 is 1.04 bits per heavy atom. The van der Waals surface area contributed by atoms with E-state index in [0.717, 1.165) is 0 Å². The van der Waals surface area contributed by atoms with Crippen LogP contribution in [0.25, 0.3) is 22.2 Å². The highest BCUT2D eigenvalue weighted by Crippen LogP contribution is 2.43. The van der Waals surface area contributed by atoms with E-state index >= 15 is 0 Å². The molecule has 0 aliphatic rings. The summed E-state index contributed by atoms with van der Waals surface area (Å²) < 4.78 is 45.7. The molecular weight excluding hydrogens is 327 g/mol. The Kier molecular flexibility index (Phi) is 3.90. The van der Waals surface area contributed by atoms with Crippen LogP contribution in [0.1, 0.15) is 5.56 Å². The normalized spacial score (nSPS) is 11.7. The Morgan fingerprint density at radius 2 is 1.74 bits per heavy atom. The van der Waals surface area contributed by atoms with Gasteiger partial charge in [-0.1, -0.05) is 41.9 Å². The maximum absolute atomic E-state index is 13.6. The molecule has 2 nitrogen and oxygen atoms in total. The van der Waals surface area contributed by atoms with Gasteiger partial charge >= 0.3 is 6.18 Å². The molecule has 3 rings (SSSR count). The van der Waals surface area contributed by atoms with Crippen LogP contribution in [0.15, 0.2) is 48.5 Å². The molecule has 0 fully saturated rings. The second kappa shape index (κ2) is 5.74. The van der Waals surface area contributed by atoms with E-state index in [4.69, 9.17) is 16.3 Å². The quantitative estimate of drug-likeness (QED) is 0.608. The third kappa shape index (κ3) is 2.84. The molecular formula is C17H11ClF3NO. The number of benzene rings is 2. The summed E-state index contributed by atoms with van der Waals surface area (Å²) in [5.41, 5.74) is -0.0544. The highest BCUT2D eigenvalue weighted by atomic mass is 35.5. The number of alkyl halides is 3. The van der Waals surface area contributed by atoms with Gasteiger partial charge in [-0.3, -0.25) is 0 Å². The van der Waals surface area contributed by atoms with E-state index in [1.165, 1.54) is 19.2 Å². The summed E-state index contributed by atoms with van der Waals surface area (Å²) in [6, 6.07) is 12.9. The third-order valence-corrected chi connectivity index (χ3v) is 3.83. The molecule has 0 bridgehead atoms. The lowest BCUT2D eigenvalue weighted by atomic mass is 10.0. The van der Waals surface area contributed by atoms with Gasteiger partial charge in [0.15, 0.2) is 0 Å². The molecule has 0 aliphatic heterocycles. The van der Waals surface area contributed by atoms with Gasteiger partial charge in [0, 0.05) is 10.9 Å². The van der Waals surface area contributed by atoms with Crippen molar-refractivity contribution in [1.82, 2.24) is 4.98 Å². The van der Waals surface area contributed by atoms with Gasteiger partial charge in [0.1, 0.15) is 5.75 Å². The number of hydrogen-bond acceptors (Lipinski definition) is 2. The van der Waals surface area contributed by atoms with Gasteiger partial charge in [-0.15, -0.1) is 0 Å². The molecule has 0 amide bonds. The topological polar surface area (TPSA) is 22.1 Å². The van der Waals surface area contributed by atoms with Gasteiger partial charge in [-0.05, 0) is 18.2 Å². The molecule has 1 heterocycles. The minimum absolute atomic E-state index is 0.0819. The lowest BCUT2D eigenvalue weighted by Gasteiger charge is -2.16. The number of pyridine rings is 1. The Morgan fingerprint density at radius 3 is 2.35 bits per heavy atom. The lowest BCUT2D eigenvalue weighted by Crippen LogP contribution is -2.09. The molecule has 2 aromatic carbocycles. The molecule has 0 saturated heterocycles. The SMILES string of the molecule is COc1ccc2nc(-c3ccccc3)c(Cl)c(C(F)(F)F)c2c1. The van der Waals surface area contributed by atoms with Crippen molar-refractivity contribution in [2.45, 2.75) is 6.18 Å². The van der Waals surface area contributed by atoms with E-state index in [0.29, 0.717) is 11.3 Å². The second-order valence-electron chi connectivity index (χ2n) is 4.90. The zero-order chi connectivity index (χ0) is 16.6. The van der Waals surface area contributed by atoms with Crippen LogP contribution in [0, 0.1) is 0 Å². The number of hydrogen-bond donors (Lipinski definition) is 0. The number of rotatable bonds is 2. The third-order valence-electron chi connectivity index (χ3n) is 3.46. The second-order valence-corrected chi connectivity index (χ2v) is 5.27. The van der Waals surface area contributed by atoms with Crippen molar-refractivity contribution in [2.75, 3.05) is 7.11 Å². The minimum atomic E-state index is -4.60. The number of fused-ring (bicyclic) bond motifs is 1. The number of halogens is 4. The van der Waals surface area contributed by atoms with E-state index in [1.54, 1.807) is 36.4 Å². The molecule has 0 aliphatic carbocycles. The smallest absolute Gasteiger partial charge is 0.418 e. The average Bonchev–Trinajstić information content (AvgIpc) is 2.53. The molecule has 0 N–H and O–H groups in total. The van der Waals surface area contributed by atoms with Crippen LogP contribution in [0.5, 0.6) is 5.75 Å². The fraction of sp³-hybridized carbons (Fsp3) is 0.118. The summed E-state index contributed by atoms with van der Waals surface area (Å²) >= 11 is 6.08. The molecule has 1 aromatic heterocycles. The highest BCUT2D eigenvalue weighted by Gasteiger charge is 2.37. The largest absolute Gasteiger partial charge is 0.497 e. The van der Waals surface area contributed by atoms with Crippen LogP contribution in [0.3, 0.4) is 0 Å². The molecule has 6 heteroatoms. The first-order chi connectivity index (χ1) is 10.9. The van der Waals surface area contributed by atoms with Crippen molar-refractivity contribution in [3.63, 3.8) is 0 Å². The number of methoxy groups -OCH3 is 1. The predicted molar refractivity (Wildman–Crippen MR) is 83.7 cm³/mol. The van der Waals surface area contributed by atoms with E-state index in [2.05, 4.69) is 4.98 Å². The standard InChI is InChI=1S/C17H11ClF3NO/c1-23-11-7-8-13-12(9-11)14(17(19,20)21)15(18)16(22-13)10-5-3-2-4-6-10/h2-9H,1H3. The summed E-state index contributed by atoms with van der Waals surface area (Å²) in [5, 5.41) is -0.494. The molecule has 0 radical (unpaired) electrons. The summed E-state index contributed by atoms with van der Waals surface area (Å²) in [6.45, 7) is 0. The molecule has 118 valence electrons. The number of nitrogens with zero attached hydrogens (tertiary/aromatic N) is 1. The van der Waals surface area contributed by atoms with Crippen LogP contribution < -0.4 is 4.74 Å². The van der Waals surface area contributed by atoms with E-state index in [-0.39, 0.29) is 16.6 Å². The highest BCUT2D eigenvalue weighted by molar-refractivity contribution is 6.35. The molecule has 0 spiro atoms. The Labute approximate surface area is 135 Å². The number of aromatic nitrogens is 1. The first-order valence-corrected chi connectivity index (χ1v) is 7.09. The van der Waals surface area contributed by atoms with Crippen molar-refractivity contribution in [2.24, 2.45) is 0 Å². The summed E-state index contributed by atoms with van der Waals surface area (Å²) in [4.78, 5) is 4.31. The maximum atomic E-state index is 13.6. The summed E-state index contributed by atoms with van der Waals surface area (Å²) in [6.07, 6.45) is -4.60. The number of ether oxygens (including phenoxy) is 1. The zero-order valence-electron chi connectivity index (χ0n) is 12.0. The maximum Gasteiger partial charge on any atom is 0.418 e. The minimum Gasteiger partial charge on any atom is -0.497 e. The first-order valence-electron chi connectivity index (χ1n) is 6.71. The summed E-state index contributed by atoms with van der Waals surface area (Å²) in [5.74, 6) is 0.313. The monoisotopic (exact) mass is 337 g/mol. The van der Waals surface area contributed by atoms with Crippen LogP contribution >= 0.6 is 11.6 Å².